The summed E-state index contributed by atoms with van der Waals surface area (Å²) < 4.78 is 5.20. The highest BCUT2D eigenvalue weighted by molar-refractivity contribution is 5.95. The fourth-order valence-electron chi connectivity index (χ4n) is 2.71. The molecule has 0 fully saturated rings. The Morgan fingerprint density at radius 3 is 2.59 bits per heavy atom. The molecule has 0 aliphatic carbocycles. The Bertz CT molecular complexity index is 1000. The van der Waals surface area contributed by atoms with E-state index < -0.39 is 0 Å². The number of nitrogens with one attached hydrogen (secondary N) is 2. The van der Waals surface area contributed by atoms with Crippen molar-refractivity contribution in [3.8, 4) is 5.75 Å². The number of ether oxygens (including phenoxy) is 1. The average molecular weight is 390 g/mol. The summed E-state index contributed by atoms with van der Waals surface area (Å²) in [6.45, 7) is 1.99. The van der Waals surface area contributed by atoms with Gasteiger partial charge in [0, 0.05) is 17.8 Å². The van der Waals surface area contributed by atoms with E-state index in [1.165, 1.54) is 19.3 Å². The van der Waals surface area contributed by atoms with Crippen LogP contribution in [0.15, 0.2) is 60.9 Å². The highest BCUT2D eigenvalue weighted by Crippen LogP contribution is 2.16. The van der Waals surface area contributed by atoms with Crippen LogP contribution in [0.3, 0.4) is 0 Å². The van der Waals surface area contributed by atoms with Crippen LogP contribution in [0.4, 0.5) is 11.5 Å². The molecular weight excluding hydrogens is 368 g/mol. The maximum Gasteiger partial charge on any atom is 0.271 e. The fourth-order valence-corrected chi connectivity index (χ4v) is 2.71. The number of rotatable bonds is 8. The van der Waals surface area contributed by atoms with Crippen LogP contribution in [0.25, 0.3) is 0 Å². The van der Waals surface area contributed by atoms with Gasteiger partial charge in [-0.05, 0) is 43.2 Å². The minimum absolute atomic E-state index is 0.0132. The molecule has 0 spiro atoms. The second kappa shape index (κ2) is 9.45. The third-order valence-electron chi connectivity index (χ3n) is 4.26. The first-order valence-electron chi connectivity index (χ1n) is 9.16. The van der Waals surface area contributed by atoms with Crippen LogP contribution in [-0.4, -0.2) is 35.3 Å². The lowest BCUT2D eigenvalue weighted by molar-refractivity contribution is 0.0948. The summed E-state index contributed by atoms with van der Waals surface area (Å²) in [6, 6.07) is 14.8. The molecule has 1 heterocycles. The Labute approximate surface area is 169 Å². The van der Waals surface area contributed by atoms with Crippen molar-refractivity contribution in [2.24, 2.45) is 0 Å². The zero-order chi connectivity index (χ0) is 20.6. The van der Waals surface area contributed by atoms with E-state index in [0.29, 0.717) is 24.3 Å². The molecule has 0 atom stereocenters. The number of Topliss-reactive ketones (excluding diaryl/α,β-unsaturated/α-hetero) is 1. The molecule has 0 aliphatic heterocycles. The van der Waals surface area contributed by atoms with Gasteiger partial charge in [-0.3, -0.25) is 9.59 Å². The lowest BCUT2D eigenvalue weighted by Crippen LogP contribution is -2.26. The SMILES string of the molecule is COc1cccc(CCNC(=O)c2cnc(Nc3cccc(C(C)=O)c3)cn2)c1. The van der Waals surface area contributed by atoms with Crippen molar-refractivity contribution in [2.75, 3.05) is 19.0 Å². The normalized spacial score (nSPS) is 10.3. The Balaban J connectivity index is 1.54. The molecule has 0 bridgehead atoms. The standard InChI is InChI=1S/C22H22N4O3/c1-15(27)17-6-4-7-18(12-17)26-21-14-24-20(13-25-21)22(28)23-10-9-16-5-3-8-19(11-16)29-2/h3-8,11-14H,9-10H2,1-2H3,(H,23,28)(H,25,26). The van der Waals surface area contributed by atoms with Crippen LogP contribution >= 0.6 is 0 Å². The van der Waals surface area contributed by atoms with E-state index in [9.17, 15) is 9.59 Å². The van der Waals surface area contributed by atoms with Gasteiger partial charge >= 0.3 is 0 Å². The van der Waals surface area contributed by atoms with Gasteiger partial charge in [0.25, 0.3) is 5.91 Å². The zero-order valence-corrected chi connectivity index (χ0v) is 16.3. The van der Waals surface area contributed by atoms with Crippen LogP contribution in [0.1, 0.15) is 33.3 Å². The Kier molecular flexibility index (Phi) is 6.52. The summed E-state index contributed by atoms with van der Waals surface area (Å²) in [5.74, 6) is 0.974. The van der Waals surface area contributed by atoms with Crippen LogP contribution in [0.2, 0.25) is 0 Å². The number of carbonyl (C=O) groups is 2. The number of amides is 1. The molecule has 148 valence electrons. The number of ketones is 1. The molecule has 2 N–H and O–H groups in total. The molecule has 3 rings (SSSR count). The molecule has 7 nitrogen and oxygen atoms in total. The van der Waals surface area contributed by atoms with E-state index >= 15 is 0 Å². The second-order valence-electron chi connectivity index (χ2n) is 6.41. The van der Waals surface area contributed by atoms with Crippen molar-refractivity contribution in [2.45, 2.75) is 13.3 Å². The Hall–Kier alpha value is -3.74. The lowest BCUT2D eigenvalue weighted by atomic mass is 10.1. The van der Waals surface area contributed by atoms with Crippen molar-refractivity contribution in [1.82, 2.24) is 15.3 Å². The average Bonchev–Trinajstić information content (AvgIpc) is 2.74. The molecule has 0 aliphatic rings. The van der Waals surface area contributed by atoms with E-state index in [4.69, 9.17) is 4.74 Å². The van der Waals surface area contributed by atoms with Gasteiger partial charge in [-0.1, -0.05) is 24.3 Å². The second-order valence-corrected chi connectivity index (χ2v) is 6.41. The van der Waals surface area contributed by atoms with Gasteiger partial charge in [0.2, 0.25) is 0 Å². The summed E-state index contributed by atoms with van der Waals surface area (Å²) >= 11 is 0. The molecule has 0 unspecified atom stereocenters. The quantitative estimate of drug-likeness (QED) is 0.573. The molecule has 0 saturated carbocycles. The molecule has 2 aromatic carbocycles. The van der Waals surface area contributed by atoms with E-state index in [-0.39, 0.29) is 17.4 Å². The zero-order valence-electron chi connectivity index (χ0n) is 16.3. The number of benzene rings is 2. The van der Waals surface area contributed by atoms with E-state index in [2.05, 4.69) is 20.6 Å². The van der Waals surface area contributed by atoms with E-state index in [1.807, 2.05) is 30.3 Å². The first kappa shape index (κ1) is 20.0. The number of nitrogens with zero attached hydrogens (tertiary/aromatic N) is 2. The van der Waals surface area contributed by atoms with Gasteiger partial charge in [-0.2, -0.15) is 0 Å². The summed E-state index contributed by atoms with van der Waals surface area (Å²) in [7, 11) is 1.62. The topological polar surface area (TPSA) is 93.2 Å². The van der Waals surface area contributed by atoms with E-state index in [0.717, 1.165) is 17.0 Å². The molecule has 7 heteroatoms. The molecule has 0 radical (unpaired) electrons. The largest absolute Gasteiger partial charge is 0.497 e. The number of hydrogen-bond donors (Lipinski definition) is 2. The Morgan fingerprint density at radius 2 is 1.86 bits per heavy atom. The van der Waals surface area contributed by atoms with Crippen LogP contribution in [0.5, 0.6) is 5.75 Å². The van der Waals surface area contributed by atoms with Crippen molar-refractivity contribution in [3.63, 3.8) is 0 Å². The predicted molar refractivity (Wildman–Crippen MR) is 111 cm³/mol. The molecule has 0 saturated heterocycles. The van der Waals surface area contributed by atoms with Gasteiger partial charge < -0.3 is 15.4 Å². The Morgan fingerprint density at radius 1 is 1.03 bits per heavy atom. The highest BCUT2D eigenvalue weighted by Gasteiger charge is 2.08. The van der Waals surface area contributed by atoms with Crippen molar-refractivity contribution >= 4 is 23.2 Å². The maximum atomic E-state index is 12.3. The van der Waals surface area contributed by atoms with Gasteiger partial charge in [-0.15, -0.1) is 0 Å². The summed E-state index contributed by atoms with van der Waals surface area (Å²) in [5.41, 5.74) is 2.64. The van der Waals surface area contributed by atoms with Crippen LogP contribution < -0.4 is 15.4 Å². The molecule has 29 heavy (non-hydrogen) atoms. The van der Waals surface area contributed by atoms with Gasteiger partial charge in [-0.25, -0.2) is 9.97 Å². The van der Waals surface area contributed by atoms with Crippen molar-refractivity contribution < 1.29 is 14.3 Å². The van der Waals surface area contributed by atoms with Crippen LogP contribution in [-0.2, 0) is 6.42 Å². The number of anilines is 2. The lowest BCUT2D eigenvalue weighted by Gasteiger charge is -2.08. The highest BCUT2D eigenvalue weighted by atomic mass is 16.5. The maximum absolute atomic E-state index is 12.3. The van der Waals surface area contributed by atoms with Crippen molar-refractivity contribution in [1.29, 1.82) is 0 Å². The first-order chi connectivity index (χ1) is 14.0. The number of aromatic nitrogens is 2. The fraction of sp³-hybridized carbons (Fsp3) is 0.182. The summed E-state index contributed by atoms with van der Waals surface area (Å²) in [6.07, 6.45) is 3.58. The third kappa shape index (κ3) is 5.62. The molecule has 1 amide bonds. The third-order valence-corrected chi connectivity index (χ3v) is 4.26. The van der Waals surface area contributed by atoms with Gasteiger partial charge in [0.15, 0.2) is 5.78 Å². The van der Waals surface area contributed by atoms with Gasteiger partial charge in [0.05, 0.1) is 19.5 Å². The predicted octanol–water partition coefficient (Wildman–Crippen LogP) is 3.40. The smallest absolute Gasteiger partial charge is 0.271 e. The van der Waals surface area contributed by atoms with Crippen molar-refractivity contribution in [3.05, 3.63) is 77.7 Å². The first-order valence-corrected chi connectivity index (χ1v) is 9.16. The molecular formula is C22H22N4O3. The monoisotopic (exact) mass is 390 g/mol. The minimum atomic E-state index is -0.287. The number of methoxy groups -OCH3 is 1. The minimum Gasteiger partial charge on any atom is -0.497 e. The molecule has 3 aromatic rings. The number of carbonyl (C=O) groups excluding carboxylic acids is 2. The van der Waals surface area contributed by atoms with Crippen LogP contribution in [0, 0.1) is 0 Å². The number of hydrogen-bond acceptors (Lipinski definition) is 6. The van der Waals surface area contributed by atoms with E-state index in [1.54, 1.807) is 25.3 Å². The summed E-state index contributed by atoms with van der Waals surface area (Å²) in [4.78, 5) is 32.1. The molecule has 1 aromatic heterocycles. The summed E-state index contributed by atoms with van der Waals surface area (Å²) in [5, 5.41) is 5.91. The van der Waals surface area contributed by atoms with Gasteiger partial charge in [0.1, 0.15) is 17.3 Å².